The van der Waals surface area contributed by atoms with E-state index in [4.69, 9.17) is 4.55 Å². The SMILES string of the molecule is C=C(C(=O)OC(OCCC(F)(F)C(F)(F)S(=O)(=O)O)(C(=O)OC(C)(C)C)C(F)(F)F)C(F)(F)F. The van der Waals surface area contributed by atoms with Crippen LogP contribution < -0.4 is 0 Å². The van der Waals surface area contributed by atoms with Crippen LogP contribution in [0.4, 0.5) is 43.9 Å². The number of alkyl halides is 10. The van der Waals surface area contributed by atoms with Crippen molar-refractivity contribution >= 4 is 22.1 Å². The molecule has 0 radical (unpaired) electrons. The minimum absolute atomic E-state index is 0.920. The maximum Gasteiger partial charge on any atom is 0.468 e. The summed E-state index contributed by atoms with van der Waals surface area (Å²) in [5.74, 6) is -16.8. The van der Waals surface area contributed by atoms with Crippen molar-refractivity contribution in [3.05, 3.63) is 12.2 Å². The molecule has 0 rings (SSSR count). The van der Waals surface area contributed by atoms with Crippen molar-refractivity contribution in [2.75, 3.05) is 6.61 Å². The van der Waals surface area contributed by atoms with E-state index < -0.39 is 75.6 Å². The number of halogens is 10. The number of ether oxygens (including phenoxy) is 3. The highest BCUT2D eigenvalue weighted by atomic mass is 32.2. The number of hydrogen-bond acceptors (Lipinski definition) is 7. The zero-order chi connectivity index (χ0) is 27.8. The van der Waals surface area contributed by atoms with Crippen LogP contribution >= 0.6 is 0 Å². The molecule has 0 aromatic carbocycles. The minimum Gasteiger partial charge on any atom is -0.455 e. The Morgan fingerprint density at radius 3 is 1.65 bits per heavy atom. The van der Waals surface area contributed by atoms with Crippen LogP contribution in [-0.4, -0.2) is 66.4 Å². The van der Waals surface area contributed by atoms with Gasteiger partial charge in [0.25, 0.3) is 0 Å². The van der Waals surface area contributed by atoms with Gasteiger partial charge in [-0.25, -0.2) is 9.59 Å². The van der Waals surface area contributed by atoms with E-state index in [1.54, 1.807) is 0 Å². The van der Waals surface area contributed by atoms with Gasteiger partial charge in [0.2, 0.25) is 0 Å². The molecule has 0 aliphatic heterocycles. The fourth-order valence-electron chi connectivity index (χ4n) is 1.70. The Kier molecular flexibility index (Phi) is 8.88. The van der Waals surface area contributed by atoms with Gasteiger partial charge in [0.05, 0.1) is 6.61 Å². The molecular formula is C15H16F10O8S. The summed E-state index contributed by atoms with van der Waals surface area (Å²) in [5, 5.41) is -6.27. The third kappa shape index (κ3) is 7.17. The Labute approximate surface area is 184 Å². The fourth-order valence-corrected chi connectivity index (χ4v) is 2.18. The quantitative estimate of drug-likeness (QED) is 0.153. The van der Waals surface area contributed by atoms with Crippen molar-refractivity contribution in [2.24, 2.45) is 0 Å². The molecule has 0 saturated carbocycles. The summed E-state index contributed by atoms with van der Waals surface area (Å²) in [6, 6.07) is 0. The largest absolute Gasteiger partial charge is 0.468 e. The van der Waals surface area contributed by atoms with E-state index in [0.717, 1.165) is 20.8 Å². The number of esters is 2. The zero-order valence-corrected chi connectivity index (χ0v) is 17.9. The highest BCUT2D eigenvalue weighted by Crippen LogP contribution is 2.43. The second-order valence-corrected chi connectivity index (χ2v) is 8.74. The second kappa shape index (κ2) is 9.48. The summed E-state index contributed by atoms with van der Waals surface area (Å²) in [7, 11) is -6.82. The van der Waals surface area contributed by atoms with Gasteiger partial charge in [-0.15, -0.1) is 0 Å². The lowest BCUT2D eigenvalue weighted by atomic mass is 10.1. The van der Waals surface area contributed by atoms with Crippen LogP contribution in [0.3, 0.4) is 0 Å². The van der Waals surface area contributed by atoms with E-state index in [-0.39, 0.29) is 0 Å². The predicted octanol–water partition coefficient (Wildman–Crippen LogP) is 3.77. The zero-order valence-electron chi connectivity index (χ0n) is 17.1. The van der Waals surface area contributed by atoms with Gasteiger partial charge in [-0.05, 0) is 20.8 Å². The second-order valence-electron chi connectivity index (χ2n) is 7.28. The van der Waals surface area contributed by atoms with Crippen LogP contribution in [0.25, 0.3) is 0 Å². The monoisotopic (exact) mass is 546 g/mol. The van der Waals surface area contributed by atoms with Gasteiger partial charge in [-0.3, -0.25) is 4.55 Å². The molecule has 19 heteroatoms. The van der Waals surface area contributed by atoms with Crippen LogP contribution in [0, 0.1) is 0 Å². The number of carbonyl (C=O) groups excluding carboxylic acids is 2. The van der Waals surface area contributed by atoms with E-state index in [0.29, 0.717) is 0 Å². The van der Waals surface area contributed by atoms with E-state index >= 15 is 0 Å². The van der Waals surface area contributed by atoms with Crippen molar-refractivity contribution in [2.45, 2.75) is 62.1 Å². The minimum atomic E-state index is -6.82. The van der Waals surface area contributed by atoms with E-state index in [9.17, 15) is 61.9 Å². The van der Waals surface area contributed by atoms with Gasteiger partial charge in [-0.1, -0.05) is 6.58 Å². The third-order valence-electron chi connectivity index (χ3n) is 3.34. The topological polar surface area (TPSA) is 116 Å². The molecule has 0 spiro atoms. The molecule has 0 amide bonds. The van der Waals surface area contributed by atoms with E-state index in [2.05, 4.69) is 20.8 Å². The molecule has 200 valence electrons. The Bertz CT molecular complexity index is 902. The smallest absolute Gasteiger partial charge is 0.455 e. The molecule has 34 heavy (non-hydrogen) atoms. The maximum absolute atomic E-state index is 13.7. The lowest BCUT2D eigenvalue weighted by Gasteiger charge is -2.35. The first-order chi connectivity index (χ1) is 14.6. The lowest BCUT2D eigenvalue weighted by molar-refractivity contribution is -0.359. The molecule has 1 N–H and O–H groups in total. The Morgan fingerprint density at radius 2 is 1.32 bits per heavy atom. The predicted molar refractivity (Wildman–Crippen MR) is 87.9 cm³/mol. The summed E-state index contributed by atoms with van der Waals surface area (Å²) in [4.78, 5) is 23.7. The lowest BCUT2D eigenvalue weighted by Crippen LogP contribution is -2.60. The van der Waals surface area contributed by atoms with E-state index in [1.165, 1.54) is 0 Å². The Morgan fingerprint density at radius 1 is 0.882 bits per heavy atom. The van der Waals surface area contributed by atoms with Crippen molar-refractivity contribution < 1.29 is 80.7 Å². The maximum atomic E-state index is 13.7. The number of hydrogen-bond donors (Lipinski definition) is 1. The molecule has 0 aliphatic carbocycles. The van der Waals surface area contributed by atoms with Gasteiger partial charge < -0.3 is 14.2 Å². The summed E-state index contributed by atoms with van der Waals surface area (Å²) >= 11 is 0. The number of rotatable bonds is 9. The van der Waals surface area contributed by atoms with Gasteiger partial charge in [0.15, 0.2) is 0 Å². The molecule has 8 nitrogen and oxygen atoms in total. The van der Waals surface area contributed by atoms with Crippen LogP contribution in [0.1, 0.15) is 27.2 Å². The van der Waals surface area contributed by atoms with Gasteiger partial charge in [0, 0.05) is 6.42 Å². The Balaban J connectivity index is 6.37. The highest BCUT2D eigenvalue weighted by Gasteiger charge is 2.70. The molecule has 0 aromatic heterocycles. The van der Waals surface area contributed by atoms with Gasteiger partial charge >= 0.3 is 51.4 Å². The molecule has 0 saturated heterocycles. The van der Waals surface area contributed by atoms with Gasteiger partial charge in [-0.2, -0.15) is 52.3 Å². The van der Waals surface area contributed by atoms with Crippen LogP contribution in [0.5, 0.6) is 0 Å². The first kappa shape index (κ1) is 31.9. The fraction of sp³-hybridized carbons (Fsp3) is 0.733. The molecule has 0 aliphatic rings. The highest BCUT2D eigenvalue weighted by molar-refractivity contribution is 7.87. The molecular weight excluding hydrogens is 530 g/mol. The van der Waals surface area contributed by atoms with Crippen LogP contribution in [-0.2, 0) is 33.9 Å². The molecule has 0 bridgehead atoms. The first-order valence-corrected chi connectivity index (χ1v) is 9.72. The first-order valence-electron chi connectivity index (χ1n) is 8.28. The van der Waals surface area contributed by atoms with Crippen LogP contribution in [0.2, 0.25) is 0 Å². The van der Waals surface area contributed by atoms with E-state index in [1.807, 2.05) is 0 Å². The average Bonchev–Trinajstić information content (AvgIpc) is 2.55. The standard InChI is InChI=1S/C15H16F10O8S/c1-7(13(18,19)20)8(26)32-12(14(21,22)23,9(27)33-10(2,3)4)31-6-5-11(16,17)15(24,25)34(28,29)30/h1,5-6H2,2-4H3,(H,28,29,30). The van der Waals surface area contributed by atoms with Crippen molar-refractivity contribution in [3.63, 3.8) is 0 Å². The molecule has 0 aromatic rings. The van der Waals surface area contributed by atoms with Crippen molar-refractivity contribution in [1.82, 2.24) is 0 Å². The number of carbonyl (C=O) groups is 2. The summed E-state index contributed by atoms with van der Waals surface area (Å²) in [6.45, 7) is 2.49. The summed E-state index contributed by atoms with van der Waals surface area (Å²) in [5.41, 5.74) is -4.50. The molecule has 0 heterocycles. The Hall–Kier alpha value is -2.15. The van der Waals surface area contributed by atoms with Crippen LogP contribution in [0.15, 0.2) is 12.2 Å². The van der Waals surface area contributed by atoms with Crippen molar-refractivity contribution in [3.8, 4) is 0 Å². The van der Waals surface area contributed by atoms with Crippen molar-refractivity contribution in [1.29, 1.82) is 0 Å². The average molecular weight is 546 g/mol. The summed E-state index contributed by atoms with van der Waals surface area (Å²) < 4.78 is 173. The molecule has 1 unspecified atom stereocenters. The summed E-state index contributed by atoms with van der Waals surface area (Å²) in [6.07, 6.45) is -14.7. The third-order valence-corrected chi connectivity index (χ3v) is 4.28. The molecule has 0 fully saturated rings. The molecule has 1 atom stereocenters. The van der Waals surface area contributed by atoms with Gasteiger partial charge in [0.1, 0.15) is 11.2 Å². The normalized spacial score (nSPS) is 15.9.